The van der Waals surface area contributed by atoms with E-state index in [0.717, 1.165) is 20.9 Å². The molecule has 6 atom stereocenters. The molecule has 0 bridgehead atoms. The maximum atomic E-state index is 13.5. The minimum absolute atomic E-state index is 0.296. The molecule has 186 valence electrons. The molecule has 0 radical (unpaired) electrons. The van der Waals surface area contributed by atoms with E-state index in [1.807, 2.05) is 34.3 Å². The number of carbonyl (C=O) groups excluding carboxylic acids is 4. The standard InChI is InChI=1S/C26H26N4O6/c1-27-23(31)17-19(13-5-9-15(35-3)10-6-13)30-22-18(24(32)28(2)26(22)34)20(29(30)21(17)25(27)33)14-7-11-16(36-4)12-8-14/h5-12,17-22H,1-4H3/t17-,18+,19-,20-,21-,22-/m1/s1. The van der Waals surface area contributed by atoms with Gasteiger partial charge >= 0.3 is 0 Å². The third-order valence-corrected chi connectivity index (χ3v) is 8.08. The summed E-state index contributed by atoms with van der Waals surface area (Å²) < 4.78 is 10.6. The molecular weight excluding hydrogens is 464 g/mol. The molecular formula is C26H26N4O6. The van der Waals surface area contributed by atoms with E-state index < -0.39 is 36.0 Å². The second-order valence-corrected chi connectivity index (χ2v) is 9.61. The van der Waals surface area contributed by atoms with E-state index in [4.69, 9.17) is 9.47 Å². The summed E-state index contributed by atoms with van der Waals surface area (Å²) in [5, 5.41) is 3.67. The number of amides is 4. The highest BCUT2D eigenvalue weighted by atomic mass is 16.5. The van der Waals surface area contributed by atoms with E-state index in [0.29, 0.717) is 11.5 Å². The quantitative estimate of drug-likeness (QED) is 0.586. The molecule has 0 N–H and O–H groups in total. The molecule has 36 heavy (non-hydrogen) atoms. The number of methoxy groups -OCH3 is 2. The average molecular weight is 491 g/mol. The molecule has 2 aromatic rings. The number of rotatable bonds is 4. The Bertz CT molecular complexity index is 1180. The van der Waals surface area contributed by atoms with Gasteiger partial charge in [-0.15, -0.1) is 0 Å². The Kier molecular flexibility index (Phi) is 4.96. The second-order valence-electron chi connectivity index (χ2n) is 9.61. The smallest absolute Gasteiger partial charge is 0.248 e. The van der Waals surface area contributed by atoms with Crippen molar-refractivity contribution in [2.24, 2.45) is 11.8 Å². The Balaban J connectivity index is 1.55. The van der Waals surface area contributed by atoms with Crippen LogP contribution in [-0.2, 0) is 19.2 Å². The first-order valence-electron chi connectivity index (χ1n) is 11.8. The highest BCUT2D eigenvalue weighted by Gasteiger charge is 2.72. The van der Waals surface area contributed by atoms with Gasteiger partial charge in [-0.2, -0.15) is 0 Å². The van der Waals surface area contributed by atoms with Gasteiger partial charge in [-0.1, -0.05) is 24.3 Å². The second kappa shape index (κ2) is 7.87. The van der Waals surface area contributed by atoms with Crippen molar-refractivity contribution in [3.8, 4) is 11.5 Å². The summed E-state index contributed by atoms with van der Waals surface area (Å²) >= 11 is 0. The summed E-state index contributed by atoms with van der Waals surface area (Å²) in [5.41, 5.74) is 1.54. The van der Waals surface area contributed by atoms with Crippen LogP contribution in [0.4, 0.5) is 0 Å². The zero-order valence-electron chi connectivity index (χ0n) is 20.3. The lowest BCUT2D eigenvalue weighted by molar-refractivity contribution is -0.151. The lowest BCUT2D eigenvalue weighted by Crippen LogP contribution is -2.49. The third-order valence-electron chi connectivity index (χ3n) is 8.08. The number of imide groups is 2. The van der Waals surface area contributed by atoms with E-state index in [2.05, 4.69) is 0 Å². The fraction of sp³-hybridized carbons (Fsp3) is 0.385. The van der Waals surface area contributed by atoms with Crippen LogP contribution in [0.1, 0.15) is 23.2 Å². The summed E-state index contributed by atoms with van der Waals surface area (Å²) in [6.07, 6.45) is 0. The molecule has 4 amide bonds. The van der Waals surface area contributed by atoms with Crippen molar-refractivity contribution < 1.29 is 28.7 Å². The van der Waals surface area contributed by atoms with E-state index in [1.54, 1.807) is 38.5 Å². The van der Waals surface area contributed by atoms with Crippen molar-refractivity contribution in [3.63, 3.8) is 0 Å². The van der Waals surface area contributed by atoms with Gasteiger partial charge in [0.05, 0.1) is 38.1 Å². The fourth-order valence-electron chi connectivity index (χ4n) is 6.38. The van der Waals surface area contributed by atoms with Gasteiger partial charge in [-0.3, -0.25) is 29.0 Å². The molecule has 2 aromatic carbocycles. The number of benzene rings is 2. The SMILES string of the molecule is COc1ccc([C@@H]2[C@@H]3C(=O)N(C)C(=O)[C@@H]3N3[C@H](c4ccc(OC)cc4)[C@H]4C(=O)N(C)C(=O)[C@@H]4N23)cc1. The van der Waals surface area contributed by atoms with Crippen LogP contribution in [0.3, 0.4) is 0 Å². The van der Waals surface area contributed by atoms with Crippen LogP contribution in [0, 0.1) is 11.8 Å². The highest BCUT2D eigenvalue weighted by Crippen LogP contribution is 2.58. The van der Waals surface area contributed by atoms with E-state index in [1.165, 1.54) is 14.1 Å². The van der Waals surface area contributed by atoms with Crippen LogP contribution in [-0.4, -0.2) is 83.8 Å². The van der Waals surface area contributed by atoms with Crippen molar-refractivity contribution in [3.05, 3.63) is 59.7 Å². The number of nitrogens with zero attached hydrogens (tertiary/aromatic N) is 4. The van der Waals surface area contributed by atoms with E-state index in [9.17, 15) is 19.2 Å². The average Bonchev–Trinajstić information content (AvgIpc) is 3.55. The molecule has 0 spiro atoms. The van der Waals surface area contributed by atoms with Gasteiger partial charge in [-0.05, 0) is 35.4 Å². The topological polar surface area (TPSA) is 99.7 Å². The Morgan fingerprint density at radius 2 is 0.861 bits per heavy atom. The molecule has 0 aliphatic carbocycles. The van der Waals surface area contributed by atoms with Crippen LogP contribution in [0.5, 0.6) is 11.5 Å². The molecule has 0 unspecified atom stereocenters. The number of carbonyl (C=O) groups is 4. The van der Waals surface area contributed by atoms with Crippen LogP contribution in [0.25, 0.3) is 0 Å². The van der Waals surface area contributed by atoms with Crippen LogP contribution >= 0.6 is 0 Å². The minimum Gasteiger partial charge on any atom is -0.497 e. The predicted molar refractivity (Wildman–Crippen MR) is 125 cm³/mol. The number of likely N-dealkylation sites (tertiary alicyclic amines) is 2. The Morgan fingerprint density at radius 3 is 1.17 bits per heavy atom. The lowest BCUT2D eigenvalue weighted by Gasteiger charge is -2.35. The summed E-state index contributed by atoms with van der Waals surface area (Å²) in [7, 11) is 6.11. The fourth-order valence-corrected chi connectivity index (χ4v) is 6.38. The molecule has 0 saturated carbocycles. The van der Waals surface area contributed by atoms with Crippen molar-refractivity contribution in [1.29, 1.82) is 0 Å². The third kappa shape index (κ3) is 2.79. The summed E-state index contributed by atoms with van der Waals surface area (Å²) in [5.74, 6) is -1.39. The number of hydrazine groups is 1. The van der Waals surface area contributed by atoms with Crippen molar-refractivity contribution in [2.45, 2.75) is 24.2 Å². The summed E-state index contributed by atoms with van der Waals surface area (Å²) in [6.45, 7) is 0. The predicted octanol–water partition coefficient (Wildman–Crippen LogP) is 0.999. The monoisotopic (exact) mass is 490 g/mol. The Hall–Kier alpha value is -3.76. The first-order chi connectivity index (χ1) is 17.3. The van der Waals surface area contributed by atoms with Gasteiger partial charge in [0.2, 0.25) is 23.6 Å². The van der Waals surface area contributed by atoms with Crippen molar-refractivity contribution in [2.75, 3.05) is 28.3 Å². The maximum absolute atomic E-state index is 13.5. The van der Waals surface area contributed by atoms with E-state index in [-0.39, 0.29) is 23.6 Å². The number of hydrogen-bond donors (Lipinski definition) is 0. The lowest BCUT2D eigenvalue weighted by atomic mass is 9.84. The molecule has 4 saturated heterocycles. The molecule has 4 fully saturated rings. The van der Waals surface area contributed by atoms with E-state index >= 15 is 0 Å². The minimum atomic E-state index is -0.821. The van der Waals surface area contributed by atoms with Gasteiger partial charge in [0.1, 0.15) is 23.6 Å². The first-order valence-corrected chi connectivity index (χ1v) is 11.8. The first kappa shape index (κ1) is 22.7. The normalized spacial score (nSPS) is 31.8. The van der Waals surface area contributed by atoms with Gasteiger partial charge in [0, 0.05) is 14.1 Å². The largest absolute Gasteiger partial charge is 0.497 e. The number of hydrogen-bond acceptors (Lipinski definition) is 8. The molecule has 10 nitrogen and oxygen atoms in total. The molecule has 4 aliphatic rings. The number of ether oxygens (including phenoxy) is 2. The molecule has 4 aliphatic heterocycles. The summed E-state index contributed by atoms with van der Waals surface area (Å²) in [6, 6.07) is 11.7. The van der Waals surface area contributed by atoms with Gasteiger partial charge in [0.25, 0.3) is 0 Å². The molecule has 10 heteroatoms. The Labute approximate surface area is 207 Å². The van der Waals surface area contributed by atoms with Gasteiger partial charge < -0.3 is 9.47 Å². The molecule has 4 heterocycles. The zero-order valence-corrected chi connectivity index (χ0v) is 20.3. The van der Waals surface area contributed by atoms with Crippen molar-refractivity contribution in [1.82, 2.24) is 19.8 Å². The van der Waals surface area contributed by atoms with Gasteiger partial charge in [0.15, 0.2) is 0 Å². The van der Waals surface area contributed by atoms with Crippen LogP contribution in [0.2, 0.25) is 0 Å². The van der Waals surface area contributed by atoms with Crippen LogP contribution in [0.15, 0.2) is 48.5 Å². The summed E-state index contributed by atoms with van der Waals surface area (Å²) in [4.78, 5) is 56.1. The Morgan fingerprint density at radius 1 is 0.528 bits per heavy atom. The molecule has 6 rings (SSSR count). The van der Waals surface area contributed by atoms with Crippen molar-refractivity contribution >= 4 is 23.6 Å². The van der Waals surface area contributed by atoms with Gasteiger partial charge in [-0.25, -0.2) is 10.0 Å². The zero-order chi connectivity index (χ0) is 25.5. The maximum Gasteiger partial charge on any atom is 0.248 e. The number of likely N-dealkylation sites (N-methyl/N-ethyl adjacent to an activating group) is 2. The molecule has 0 aromatic heterocycles. The highest BCUT2D eigenvalue weighted by molar-refractivity contribution is 6.10. The number of fused-ring (bicyclic) bond motifs is 5. The van der Waals surface area contributed by atoms with Crippen LogP contribution < -0.4 is 9.47 Å².